The van der Waals surface area contributed by atoms with Gasteiger partial charge < -0.3 is 10.3 Å². The summed E-state index contributed by atoms with van der Waals surface area (Å²) in [6.45, 7) is 5.74. The minimum Gasteiger partial charge on any atom is -0.347 e. The first kappa shape index (κ1) is 12.6. The molecule has 2 heterocycles. The molecule has 3 N–H and O–H groups in total. The van der Waals surface area contributed by atoms with E-state index >= 15 is 0 Å². The Labute approximate surface area is 109 Å². The number of fused-ring (bicyclic) bond motifs is 1. The van der Waals surface area contributed by atoms with E-state index in [1.165, 1.54) is 6.20 Å². The van der Waals surface area contributed by atoms with Gasteiger partial charge >= 0.3 is 0 Å². The average molecular weight is 268 g/mol. The van der Waals surface area contributed by atoms with Gasteiger partial charge in [-0.25, -0.2) is 9.97 Å². The minimum absolute atomic E-state index is 0.199. The molecule has 6 nitrogen and oxygen atoms in total. The first-order valence-electron chi connectivity index (χ1n) is 5.44. The van der Waals surface area contributed by atoms with Gasteiger partial charge in [0.25, 0.3) is 5.91 Å². The Morgan fingerprint density at radius 2 is 2.17 bits per heavy atom. The van der Waals surface area contributed by atoms with Crippen molar-refractivity contribution in [2.75, 3.05) is 4.84 Å². The molecule has 7 heteroatoms. The quantitative estimate of drug-likeness (QED) is 0.727. The molecule has 0 aliphatic rings. The lowest BCUT2D eigenvalue weighted by atomic mass is 10.1. The Morgan fingerprint density at radius 1 is 1.44 bits per heavy atom. The third kappa shape index (κ3) is 2.53. The number of halogens is 1. The Balaban J connectivity index is 2.42. The summed E-state index contributed by atoms with van der Waals surface area (Å²) in [5.41, 5.74) is 1.17. The number of hydrogen-bond donors (Lipinski definition) is 3. The van der Waals surface area contributed by atoms with Crippen LogP contribution in [0.1, 0.15) is 31.1 Å². The summed E-state index contributed by atoms with van der Waals surface area (Å²) < 4.78 is 0. The molecule has 0 aliphatic carbocycles. The van der Waals surface area contributed by atoms with E-state index in [1.54, 1.807) is 6.20 Å². The third-order valence-electron chi connectivity index (χ3n) is 2.21. The van der Waals surface area contributed by atoms with Gasteiger partial charge in [-0.1, -0.05) is 0 Å². The normalized spacial score (nSPS) is 11.6. The Hall–Kier alpha value is -1.82. The molecule has 0 aromatic carbocycles. The number of aromatic amines is 1. The van der Waals surface area contributed by atoms with Crippen LogP contribution in [0.25, 0.3) is 11.2 Å². The van der Waals surface area contributed by atoms with E-state index in [4.69, 9.17) is 11.8 Å². The first-order valence-corrected chi connectivity index (χ1v) is 5.82. The topological polar surface area (TPSA) is 82.7 Å². The number of carbonyl (C=O) groups is 1. The Bertz CT molecular complexity index is 587. The monoisotopic (exact) mass is 267 g/mol. The Morgan fingerprint density at radius 3 is 2.78 bits per heavy atom. The van der Waals surface area contributed by atoms with E-state index in [0.717, 1.165) is 0 Å². The molecule has 2 aromatic heterocycles. The van der Waals surface area contributed by atoms with Gasteiger partial charge in [0, 0.05) is 23.5 Å². The summed E-state index contributed by atoms with van der Waals surface area (Å²) in [6, 6.07) is 0. The Kier molecular flexibility index (Phi) is 3.13. The number of H-pyrrole nitrogens is 1. The fraction of sp³-hybridized carbons (Fsp3) is 0.364. The zero-order valence-electron chi connectivity index (χ0n) is 10.3. The van der Waals surface area contributed by atoms with Crippen LogP contribution in [0.4, 0.5) is 5.82 Å². The first-order chi connectivity index (χ1) is 8.40. The van der Waals surface area contributed by atoms with Crippen molar-refractivity contribution < 1.29 is 4.79 Å². The highest BCUT2D eigenvalue weighted by atomic mass is 35.5. The smallest absolute Gasteiger partial charge is 0.255 e. The summed E-state index contributed by atoms with van der Waals surface area (Å²) in [5.74, 6) is 0.198. The number of amides is 1. The summed E-state index contributed by atoms with van der Waals surface area (Å²) in [6.07, 6.45) is 3.07. The number of carbonyl (C=O) groups excluding carboxylic acids is 1. The van der Waals surface area contributed by atoms with Crippen LogP contribution in [0.5, 0.6) is 0 Å². The van der Waals surface area contributed by atoms with Crippen molar-refractivity contribution in [1.82, 2.24) is 20.3 Å². The van der Waals surface area contributed by atoms with Gasteiger partial charge in [-0.05, 0) is 20.8 Å². The average Bonchev–Trinajstić information content (AvgIpc) is 2.69. The number of aromatic nitrogens is 3. The van der Waals surface area contributed by atoms with Crippen LogP contribution in [0.2, 0.25) is 0 Å². The standard InChI is InChI=1S/C11H14ClN5O/c1-11(2,3)16-10(18)6-4-13-9-8(6)15-7(17-12)5-14-9/h4-5H,1-3H3,(H,13,14)(H,15,17)(H,16,18). The van der Waals surface area contributed by atoms with Crippen molar-refractivity contribution in [1.29, 1.82) is 0 Å². The fourth-order valence-electron chi connectivity index (χ4n) is 1.52. The molecule has 2 aromatic rings. The van der Waals surface area contributed by atoms with Gasteiger partial charge in [-0.3, -0.25) is 9.63 Å². The molecular weight excluding hydrogens is 254 g/mol. The van der Waals surface area contributed by atoms with Crippen molar-refractivity contribution in [3.8, 4) is 0 Å². The van der Waals surface area contributed by atoms with Crippen molar-refractivity contribution in [2.24, 2.45) is 0 Å². The van der Waals surface area contributed by atoms with Crippen LogP contribution in [-0.2, 0) is 0 Å². The molecule has 0 saturated carbocycles. The molecule has 0 fully saturated rings. The minimum atomic E-state index is -0.309. The molecule has 18 heavy (non-hydrogen) atoms. The van der Waals surface area contributed by atoms with Gasteiger partial charge in [-0.15, -0.1) is 0 Å². The molecule has 0 saturated heterocycles. The van der Waals surface area contributed by atoms with Crippen molar-refractivity contribution in [3.63, 3.8) is 0 Å². The van der Waals surface area contributed by atoms with Gasteiger partial charge in [-0.2, -0.15) is 0 Å². The molecule has 96 valence electrons. The van der Waals surface area contributed by atoms with Gasteiger partial charge in [0.1, 0.15) is 5.52 Å². The fourth-order valence-corrected chi connectivity index (χ4v) is 1.61. The largest absolute Gasteiger partial charge is 0.347 e. The molecular formula is C11H14ClN5O. The van der Waals surface area contributed by atoms with Crippen LogP contribution in [-0.4, -0.2) is 26.4 Å². The lowest BCUT2D eigenvalue weighted by Crippen LogP contribution is -2.40. The molecule has 0 radical (unpaired) electrons. The van der Waals surface area contributed by atoms with E-state index in [1.807, 2.05) is 20.8 Å². The van der Waals surface area contributed by atoms with Crippen molar-refractivity contribution in [3.05, 3.63) is 18.0 Å². The molecule has 2 rings (SSSR count). The molecule has 0 spiro atoms. The van der Waals surface area contributed by atoms with Crippen LogP contribution in [0, 0.1) is 0 Å². The molecule has 0 atom stereocenters. The highest BCUT2D eigenvalue weighted by Gasteiger charge is 2.19. The lowest BCUT2D eigenvalue weighted by Gasteiger charge is -2.19. The number of nitrogens with one attached hydrogen (secondary N) is 3. The number of anilines is 1. The third-order valence-corrected chi connectivity index (χ3v) is 2.40. The van der Waals surface area contributed by atoms with Gasteiger partial charge in [0.2, 0.25) is 0 Å². The highest BCUT2D eigenvalue weighted by molar-refractivity contribution is 6.23. The summed E-state index contributed by atoms with van der Waals surface area (Å²) in [5, 5.41) is 2.87. The van der Waals surface area contributed by atoms with E-state index in [9.17, 15) is 4.79 Å². The second kappa shape index (κ2) is 4.45. The van der Waals surface area contributed by atoms with Crippen LogP contribution in [0.3, 0.4) is 0 Å². The van der Waals surface area contributed by atoms with Gasteiger partial charge in [0.15, 0.2) is 11.5 Å². The van der Waals surface area contributed by atoms with Gasteiger partial charge in [0.05, 0.1) is 11.8 Å². The van der Waals surface area contributed by atoms with Crippen LogP contribution in [0.15, 0.2) is 12.4 Å². The van der Waals surface area contributed by atoms with E-state index < -0.39 is 0 Å². The SMILES string of the molecule is CC(C)(C)NC(=O)c1c[nH]c2ncc(NCl)nc12. The molecule has 0 aliphatic heterocycles. The zero-order valence-corrected chi connectivity index (χ0v) is 11.1. The number of hydrogen-bond acceptors (Lipinski definition) is 4. The summed E-state index contributed by atoms with van der Waals surface area (Å²) >= 11 is 5.47. The maximum Gasteiger partial charge on any atom is 0.255 e. The second-order valence-electron chi connectivity index (χ2n) is 4.95. The molecule has 0 bridgehead atoms. The van der Waals surface area contributed by atoms with Crippen LogP contribution < -0.4 is 10.2 Å². The summed E-state index contributed by atoms with van der Waals surface area (Å²) in [4.78, 5) is 25.7. The molecule has 1 amide bonds. The summed E-state index contributed by atoms with van der Waals surface area (Å²) in [7, 11) is 0. The lowest BCUT2D eigenvalue weighted by molar-refractivity contribution is 0.0921. The van der Waals surface area contributed by atoms with Crippen molar-refractivity contribution in [2.45, 2.75) is 26.3 Å². The maximum atomic E-state index is 12.1. The van der Waals surface area contributed by atoms with E-state index in [0.29, 0.717) is 22.5 Å². The van der Waals surface area contributed by atoms with Crippen molar-refractivity contribution >= 4 is 34.7 Å². The number of nitrogens with zero attached hydrogens (tertiary/aromatic N) is 2. The van der Waals surface area contributed by atoms with E-state index in [-0.39, 0.29) is 11.4 Å². The predicted molar refractivity (Wildman–Crippen MR) is 70.6 cm³/mol. The van der Waals surface area contributed by atoms with E-state index in [2.05, 4.69) is 25.1 Å². The predicted octanol–water partition coefficient (Wildman–Crippen LogP) is 2.05. The zero-order chi connectivity index (χ0) is 13.3. The molecule has 0 unspecified atom stereocenters. The second-order valence-corrected chi connectivity index (χ2v) is 5.14. The maximum absolute atomic E-state index is 12.1. The highest BCUT2D eigenvalue weighted by Crippen LogP contribution is 2.17. The number of rotatable bonds is 2. The van der Waals surface area contributed by atoms with Crippen LogP contribution >= 0.6 is 11.8 Å².